The summed E-state index contributed by atoms with van der Waals surface area (Å²) >= 11 is 0. The van der Waals surface area contributed by atoms with E-state index in [4.69, 9.17) is 25.2 Å². The van der Waals surface area contributed by atoms with Crippen molar-refractivity contribution in [2.45, 2.75) is 63.9 Å². The van der Waals surface area contributed by atoms with Gasteiger partial charge >= 0.3 is 0 Å². The highest BCUT2D eigenvalue weighted by molar-refractivity contribution is 4.69. The molecule has 1 aliphatic carbocycles. The Morgan fingerprint density at radius 3 is 1.94 bits per heavy atom. The maximum Gasteiger partial charge on any atom is 0.162 e. The molecule has 0 aromatic rings. The molecule has 2 atom stereocenters. The Labute approximate surface area is 103 Å². The molecule has 1 fully saturated rings. The van der Waals surface area contributed by atoms with Gasteiger partial charge in [0, 0.05) is 12.8 Å². The van der Waals surface area contributed by atoms with Gasteiger partial charge < -0.3 is 25.2 Å². The molecule has 0 aliphatic heterocycles. The lowest BCUT2D eigenvalue weighted by Gasteiger charge is -2.25. The number of ether oxygens (including phenoxy) is 1. The van der Waals surface area contributed by atoms with Gasteiger partial charge in [0.2, 0.25) is 0 Å². The standard InChI is InChI=1S/C6H14O3.C6H12O2/c1-5(8)4-9-6(2)3-7;7-6(8)4-2-1-3-5-6/h5-8H,3-4H2,1-2H3;7-8H,1-5H2. The normalized spacial score (nSPS) is 22.2. The highest BCUT2D eigenvalue weighted by Crippen LogP contribution is 2.24. The Morgan fingerprint density at radius 2 is 1.65 bits per heavy atom. The van der Waals surface area contributed by atoms with Gasteiger partial charge in [0.25, 0.3) is 0 Å². The van der Waals surface area contributed by atoms with Crippen LogP contribution in [0.2, 0.25) is 0 Å². The molecule has 0 radical (unpaired) electrons. The van der Waals surface area contributed by atoms with Crippen LogP contribution >= 0.6 is 0 Å². The maximum absolute atomic E-state index is 8.93. The summed E-state index contributed by atoms with van der Waals surface area (Å²) in [5, 5.41) is 35.0. The van der Waals surface area contributed by atoms with Crippen molar-refractivity contribution in [3.8, 4) is 0 Å². The van der Waals surface area contributed by atoms with Gasteiger partial charge in [-0.05, 0) is 26.7 Å². The summed E-state index contributed by atoms with van der Waals surface area (Å²) in [6, 6.07) is 0. The van der Waals surface area contributed by atoms with Gasteiger partial charge in [0.05, 0.1) is 25.4 Å². The summed E-state index contributed by atoms with van der Waals surface area (Å²) in [6.45, 7) is 3.70. The summed E-state index contributed by atoms with van der Waals surface area (Å²) < 4.78 is 4.95. The Hall–Kier alpha value is -0.200. The van der Waals surface area contributed by atoms with E-state index in [0.717, 1.165) is 19.3 Å². The predicted molar refractivity (Wildman–Crippen MR) is 64.4 cm³/mol. The highest BCUT2D eigenvalue weighted by atomic mass is 16.5. The third kappa shape index (κ3) is 10.7. The Kier molecular flexibility index (Phi) is 8.72. The molecule has 0 heterocycles. The van der Waals surface area contributed by atoms with Gasteiger partial charge in [-0.2, -0.15) is 0 Å². The molecule has 1 rings (SSSR count). The number of rotatable bonds is 4. The molecule has 17 heavy (non-hydrogen) atoms. The van der Waals surface area contributed by atoms with Crippen molar-refractivity contribution in [3.63, 3.8) is 0 Å². The molecule has 1 saturated carbocycles. The van der Waals surface area contributed by atoms with Crippen molar-refractivity contribution in [1.29, 1.82) is 0 Å². The lowest BCUT2D eigenvalue weighted by molar-refractivity contribution is -0.180. The van der Waals surface area contributed by atoms with E-state index in [1.807, 2.05) is 0 Å². The van der Waals surface area contributed by atoms with E-state index < -0.39 is 11.9 Å². The average molecular weight is 250 g/mol. The maximum atomic E-state index is 8.93. The molecule has 0 aromatic heterocycles. The first-order chi connectivity index (χ1) is 7.87. The zero-order valence-electron chi connectivity index (χ0n) is 10.8. The van der Waals surface area contributed by atoms with E-state index in [9.17, 15) is 0 Å². The predicted octanol–water partition coefficient (Wildman–Crippen LogP) is 0.396. The van der Waals surface area contributed by atoms with E-state index in [-0.39, 0.29) is 12.7 Å². The van der Waals surface area contributed by atoms with Crippen LogP contribution in [-0.4, -0.2) is 51.6 Å². The van der Waals surface area contributed by atoms with Crippen LogP contribution in [0.4, 0.5) is 0 Å². The highest BCUT2D eigenvalue weighted by Gasteiger charge is 2.24. The lowest BCUT2D eigenvalue weighted by atomic mass is 9.95. The molecular weight excluding hydrogens is 224 g/mol. The van der Waals surface area contributed by atoms with Crippen LogP contribution in [0.25, 0.3) is 0 Å². The summed E-state index contributed by atoms with van der Waals surface area (Å²) in [6.07, 6.45) is 3.60. The van der Waals surface area contributed by atoms with E-state index in [1.165, 1.54) is 0 Å². The fraction of sp³-hybridized carbons (Fsp3) is 1.00. The van der Waals surface area contributed by atoms with Crippen molar-refractivity contribution >= 4 is 0 Å². The van der Waals surface area contributed by atoms with Crippen molar-refractivity contribution in [1.82, 2.24) is 0 Å². The molecule has 5 heteroatoms. The summed E-state index contributed by atoms with van der Waals surface area (Å²) in [4.78, 5) is 0. The smallest absolute Gasteiger partial charge is 0.162 e. The molecule has 0 aromatic carbocycles. The molecule has 104 valence electrons. The molecule has 2 unspecified atom stereocenters. The average Bonchev–Trinajstić information content (AvgIpc) is 2.26. The van der Waals surface area contributed by atoms with Gasteiger partial charge in [0.1, 0.15) is 0 Å². The Balaban J connectivity index is 0.000000302. The van der Waals surface area contributed by atoms with Gasteiger partial charge in [-0.25, -0.2) is 0 Å². The molecule has 5 nitrogen and oxygen atoms in total. The van der Waals surface area contributed by atoms with Crippen LogP contribution in [0.15, 0.2) is 0 Å². The fourth-order valence-electron chi connectivity index (χ4n) is 1.47. The van der Waals surface area contributed by atoms with Crippen LogP contribution in [0, 0.1) is 0 Å². The zero-order valence-corrected chi connectivity index (χ0v) is 10.8. The molecular formula is C12H26O5. The molecule has 0 saturated heterocycles. The number of aliphatic hydroxyl groups excluding tert-OH is 2. The monoisotopic (exact) mass is 250 g/mol. The third-order valence-electron chi connectivity index (χ3n) is 2.53. The van der Waals surface area contributed by atoms with Crippen LogP contribution in [0.1, 0.15) is 46.0 Å². The minimum absolute atomic E-state index is 0.00667. The second-order valence-corrected chi connectivity index (χ2v) is 4.72. The fourth-order valence-corrected chi connectivity index (χ4v) is 1.47. The van der Waals surface area contributed by atoms with E-state index in [1.54, 1.807) is 13.8 Å². The molecule has 0 bridgehead atoms. The second-order valence-electron chi connectivity index (χ2n) is 4.72. The van der Waals surface area contributed by atoms with Crippen molar-refractivity contribution in [3.05, 3.63) is 0 Å². The van der Waals surface area contributed by atoms with Gasteiger partial charge in [-0.1, -0.05) is 6.42 Å². The first-order valence-corrected chi connectivity index (χ1v) is 6.22. The first kappa shape index (κ1) is 16.8. The lowest BCUT2D eigenvalue weighted by Crippen LogP contribution is -2.30. The summed E-state index contributed by atoms with van der Waals surface area (Å²) in [5.41, 5.74) is 0. The number of aliphatic hydroxyl groups is 4. The van der Waals surface area contributed by atoms with E-state index in [0.29, 0.717) is 19.4 Å². The number of hydrogen-bond acceptors (Lipinski definition) is 5. The van der Waals surface area contributed by atoms with Crippen molar-refractivity contribution in [2.75, 3.05) is 13.2 Å². The first-order valence-electron chi connectivity index (χ1n) is 6.22. The molecule has 4 N–H and O–H groups in total. The molecule has 0 spiro atoms. The zero-order chi connectivity index (χ0) is 13.3. The third-order valence-corrected chi connectivity index (χ3v) is 2.53. The largest absolute Gasteiger partial charge is 0.394 e. The van der Waals surface area contributed by atoms with Crippen molar-refractivity contribution < 1.29 is 25.2 Å². The minimum atomic E-state index is -1.32. The summed E-state index contributed by atoms with van der Waals surface area (Å²) in [5.74, 6) is -1.32. The van der Waals surface area contributed by atoms with Crippen LogP contribution in [0.5, 0.6) is 0 Å². The van der Waals surface area contributed by atoms with Crippen LogP contribution in [-0.2, 0) is 4.74 Å². The number of hydrogen-bond donors (Lipinski definition) is 4. The van der Waals surface area contributed by atoms with Crippen LogP contribution < -0.4 is 0 Å². The summed E-state index contributed by atoms with van der Waals surface area (Å²) in [7, 11) is 0. The van der Waals surface area contributed by atoms with E-state index in [2.05, 4.69) is 0 Å². The van der Waals surface area contributed by atoms with Crippen LogP contribution in [0.3, 0.4) is 0 Å². The molecule has 0 amide bonds. The van der Waals surface area contributed by atoms with E-state index >= 15 is 0 Å². The van der Waals surface area contributed by atoms with Gasteiger partial charge in [-0.15, -0.1) is 0 Å². The van der Waals surface area contributed by atoms with Gasteiger partial charge in [-0.3, -0.25) is 0 Å². The van der Waals surface area contributed by atoms with Gasteiger partial charge in [0.15, 0.2) is 5.79 Å². The quantitative estimate of drug-likeness (QED) is 0.542. The minimum Gasteiger partial charge on any atom is -0.394 e. The van der Waals surface area contributed by atoms with Crippen molar-refractivity contribution in [2.24, 2.45) is 0 Å². The Bertz CT molecular complexity index is 174. The topological polar surface area (TPSA) is 90.2 Å². The Morgan fingerprint density at radius 1 is 1.12 bits per heavy atom. The SMILES string of the molecule is CC(O)COC(C)CO.OC1(O)CCCCC1. The molecule has 1 aliphatic rings. The second kappa shape index (κ2) is 8.83.